The van der Waals surface area contributed by atoms with Gasteiger partial charge in [0.15, 0.2) is 10.8 Å². The number of hydrogen-bond donors (Lipinski definition) is 2. The molecule has 2 heterocycles. The maximum Gasteiger partial charge on any atom is 0.433 e. The highest BCUT2D eigenvalue weighted by Crippen LogP contribution is 2.31. The summed E-state index contributed by atoms with van der Waals surface area (Å²) in [5, 5.41) is 5.68. The number of methoxy groups -OCH3 is 1. The van der Waals surface area contributed by atoms with Crippen molar-refractivity contribution in [2.75, 3.05) is 43.6 Å². The van der Waals surface area contributed by atoms with E-state index >= 15 is 0 Å². The summed E-state index contributed by atoms with van der Waals surface area (Å²) in [6.45, 7) is 2.48. The fourth-order valence-electron chi connectivity index (χ4n) is 2.31. The zero-order valence-corrected chi connectivity index (χ0v) is 14.1. The maximum atomic E-state index is 13.1. The summed E-state index contributed by atoms with van der Waals surface area (Å²) < 4.78 is 44.1. The second kappa shape index (κ2) is 8.43. The van der Waals surface area contributed by atoms with E-state index in [2.05, 4.69) is 20.6 Å². The zero-order valence-electron chi connectivity index (χ0n) is 13.3. The molecule has 134 valence electrons. The number of nitrogens with one attached hydrogen (secondary N) is 2. The fraction of sp³-hybridized carbons (Fsp3) is 0.643. The second-order valence-electron chi connectivity index (χ2n) is 5.35. The Morgan fingerprint density at radius 1 is 1.33 bits per heavy atom. The number of hydrogen-bond acceptors (Lipinski definition) is 5. The lowest BCUT2D eigenvalue weighted by Crippen LogP contribution is -2.31. The van der Waals surface area contributed by atoms with E-state index in [0.717, 1.165) is 25.3 Å². The van der Waals surface area contributed by atoms with Gasteiger partial charge in [0.05, 0.1) is 0 Å². The molecule has 0 aliphatic carbocycles. The predicted molar refractivity (Wildman–Crippen MR) is 89.2 cm³/mol. The SMILES string of the molecule is COCCCNC(=S)Nc1nc(N2CCCC2)cc(C(F)(F)F)n1. The van der Waals surface area contributed by atoms with E-state index in [1.54, 1.807) is 7.11 Å². The van der Waals surface area contributed by atoms with Gasteiger partial charge in [-0.15, -0.1) is 0 Å². The molecular weight excluding hydrogens is 343 g/mol. The number of thiocarbonyl (C=S) groups is 1. The third-order valence-corrected chi connectivity index (χ3v) is 3.72. The molecule has 1 aliphatic rings. The lowest BCUT2D eigenvalue weighted by molar-refractivity contribution is -0.141. The van der Waals surface area contributed by atoms with Crippen LogP contribution in [0.2, 0.25) is 0 Å². The number of alkyl halides is 3. The summed E-state index contributed by atoms with van der Waals surface area (Å²) in [6.07, 6.45) is -1.94. The van der Waals surface area contributed by atoms with Gasteiger partial charge >= 0.3 is 6.18 Å². The van der Waals surface area contributed by atoms with Crippen LogP contribution in [0.25, 0.3) is 0 Å². The number of halogens is 3. The normalized spacial score (nSPS) is 14.8. The highest BCUT2D eigenvalue weighted by molar-refractivity contribution is 7.80. The molecule has 2 N–H and O–H groups in total. The Balaban J connectivity index is 2.09. The smallest absolute Gasteiger partial charge is 0.385 e. The highest BCUT2D eigenvalue weighted by Gasteiger charge is 2.34. The summed E-state index contributed by atoms with van der Waals surface area (Å²) in [5.41, 5.74) is -0.982. The van der Waals surface area contributed by atoms with Gasteiger partial charge in [-0.1, -0.05) is 0 Å². The second-order valence-corrected chi connectivity index (χ2v) is 5.76. The third kappa shape index (κ3) is 5.45. The molecule has 10 heteroatoms. The van der Waals surface area contributed by atoms with Crippen LogP contribution >= 0.6 is 12.2 Å². The minimum atomic E-state index is -4.54. The predicted octanol–water partition coefficient (Wildman–Crippen LogP) is 2.42. The van der Waals surface area contributed by atoms with Gasteiger partial charge in [0.1, 0.15) is 5.82 Å². The van der Waals surface area contributed by atoms with Crippen molar-refractivity contribution >= 4 is 29.1 Å². The molecule has 0 unspecified atom stereocenters. The Hall–Kier alpha value is -1.68. The van der Waals surface area contributed by atoms with Crippen LogP contribution in [0.5, 0.6) is 0 Å². The van der Waals surface area contributed by atoms with Gasteiger partial charge < -0.3 is 20.3 Å². The number of ether oxygens (including phenoxy) is 1. The van der Waals surface area contributed by atoms with Crippen LogP contribution in [-0.4, -0.2) is 48.4 Å². The largest absolute Gasteiger partial charge is 0.433 e. The van der Waals surface area contributed by atoms with Gasteiger partial charge in [-0.05, 0) is 31.5 Å². The number of aromatic nitrogens is 2. The summed E-state index contributed by atoms with van der Waals surface area (Å²) in [6, 6.07) is 0.978. The molecule has 0 radical (unpaired) electrons. The number of nitrogens with zero attached hydrogens (tertiary/aromatic N) is 3. The van der Waals surface area contributed by atoms with Gasteiger partial charge in [-0.25, -0.2) is 4.98 Å². The van der Waals surface area contributed by atoms with Crippen LogP contribution < -0.4 is 15.5 Å². The molecule has 6 nitrogen and oxygen atoms in total. The highest BCUT2D eigenvalue weighted by atomic mass is 32.1. The Kier molecular flexibility index (Phi) is 6.55. The van der Waals surface area contributed by atoms with Gasteiger partial charge in [-0.3, -0.25) is 0 Å². The molecule has 1 aromatic rings. The Morgan fingerprint density at radius 2 is 2.04 bits per heavy atom. The van der Waals surface area contributed by atoms with Crippen molar-refractivity contribution in [1.29, 1.82) is 0 Å². The molecule has 0 amide bonds. The Bertz CT molecular complexity index is 564. The molecule has 1 aromatic heterocycles. The molecule has 0 bridgehead atoms. The molecule has 0 spiro atoms. The van der Waals surface area contributed by atoms with Crippen molar-refractivity contribution in [1.82, 2.24) is 15.3 Å². The topological polar surface area (TPSA) is 62.3 Å². The maximum absolute atomic E-state index is 13.1. The first-order chi connectivity index (χ1) is 11.4. The van der Waals surface area contributed by atoms with Gasteiger partial charge in [0, 0.05) is 39.4 Å². The van der Waals surface area contributed by atoms with E-state index in [0.29, 0.717) is 26.2 Å². The fourth-order valence-corrected chi connectivity index (χ4v) is 2.50. The van der Waals surface area contributed by atoms with Crippen LogP contribution in [0.1, 0.15) is 25.0 Å². The Morgan fingerprint density at radius 3 is 2.67 bits per heavy atom. The molecule has 0 aromatic carbocycles. The quantitative estimate of drug-likeness (QED) is 0.594. The van der Waals surface area contributed by atoms with E-state index in [9.17, 15) is 13.2 Å². The molecule has 1 saturated heterocycles. The zero-order chi connectivity index (χ0) is 17.6. The Labute approximate surface area is 143 Å². The lowest BCUT2D eigenvalue weighted by atomic mass is 10.3. The van der Waals surface area contributed by atoms with Crippen LogP contribution in [0.15, 0.2) is 6.07 Å². The summed E-state index contributed by atoms with van der Waals surface area (Å²) in [5.74, 6) is 0.107. The summed E-state index contributed by atoms with van der Waals surface area (Å²) in [4.78, 5) is 9.52. The minimum Gasteiger partial charge on any atom is -0.385 e. The van der Waals surface area contributed by atoms with Crippen LogP contribution in [0, 0.1) is 0 Å². The average Bonchev–Trinajstić information content (AvgIpc) is 3.05. The number of rotatable bonds is 6. The molecule has 24 heavy (non-hydrogen) atoms. The number of anilines is 2. The van der Waals surface area contributed by atoms with Crippen molar-refractivity contribution in [3.05, 3.63) is 11.8 Å². The van der Waals surface area contributed by atoms with E-state index in [1.807, 2.05) is 4.90 Å². The molecule has 1 fully saturated rings. The van der Waals surface area contributed by atoms with Crippen molar-refractivity contribution in [2.24, 2.45) is 0 Å². The lowest BCUT2D eigenvalue weighted by Gasteiger charge is -2.19. The first-order valence-corrected chi connectivity index (χ1v) is 8.06. The van der Waals surface area contributed by atoms with Gasteiger partial charge in [-0.2, -0.15) is 18.2 Å². The monoisotopic (exact) mass is 363 g/mol. The van der Waals surface area contributed by atoms with E-state index in [4.69, 9.17) is 17.0 Å². The van der Waals surface area contributed by atoms with E-state index in [-0.39, 0.29) is 16.9 Å². The molecule has 1 aliphatic heterocycles. The molecular formula is C14H20F3N5OS. The first kappa shape index (κ1) is 18.7. The van der Waals surface area contributed by atoms with E-state index in [1.165, 1.54) is 0 Å². The molecule has 0 saturated carbocycles. The first-order valence-electron chi connectivity index (χ1n) is 7.65. The molecule has 0 atom stereocenters. The van der Waals surface area contributed by atoms with Crippen LogP contribution in [0.3, 0.4) is 0 Å². The van der Waals surface area contributed by atoms with Crippen molar-refractivity contribution in [3.8, 4) is 0 Å². The summed E-state index contributed by atoms with van der Waals surface area (Å²) >= 11 is 5.06. The van der Waals surface area contributed by atoms with Crippen molar-refractivity contribution in [2.45, 2.75) is 25.4 Å². The van der Waals surface area contributed by atoms with Gasteiger partial charge in [0.2, 0.25) is 5.95 Å². The van der Waals surface area contributed by atoms with Crippen LogP contribution in [-0.2, 0) is 10.9 Å². The van der Waals surface area contributed by atoms with E-state index < -0.39 is 11.9 Å². The van der Waals surface area contributed by atoms with Crippen molar-refractivity contribution in [3.63, 3.8) is 0 Å². The van der Waals surface area contributed by atoms with Crippen molar-refractivity contribution < 1.29 is 17.9 Å². The third-order valence-electron chi connectivity index (χ3n) is 3.47. The standard InChI is InChI=1S/C14H20F3N5OS/c1-23-8-4-5-18-13(24)21-12-19-10(14(15,16)17)9-11(20-12)22-6-2-3-7-22/h9H,2-8H2,1H3,(H2,18,19,20,21,24). The average molecular weight is 363 g/mol. The summed E-state index contributed by atoms with van der Waals surface area (Å²) in [7, 11) is 1.59. The van der Waals surface area contributed by atoms with Crippen LogP contribution in [0.4, 0.5) is 24.9 Å². The van der Waals surface area contributed by atoms with Gasteiger partial charge in [0.25, 0.3) is 0 Å². The minimum absolute atomic E-state index is 0.157. The molecule has 2 rings (SSSR count).